The third-order valence-corrected chi connectivity index (χ3v) is 4.77. The lowest BCUT2D eigenvalue weighted by molar-refractivity contribution is 0.102. The number of halogens is 1. The maximum atomic E-state index is 12.1. The standard InChI is InChI=1S/C17H16IN5OS/c18-13-8-6-12(7-9-13)15(24)21-17-23-22-16(25-17)20-11-10-19-14-4-2-1-3-5-14/h1-9,19H,10-11H2,(H,20,22)(H,21,23,24). The van der Waals surface area contributed by atoms with E-state index in [-0.39, 0.29) is 5.91 Å². The summed E-state index contributed by atoms with van der Waals surface area (Å²) in [6.45, 7) is 1.46. The number of carbonyl (C=O) groups is 1. The Morgan fingerprint density at radius 2 is 1.60 bits per heavy atom. The molecule has 3 rings (SSSR count). The van der Waals surface area contributed by atoms with Crippen LogP contribution in [0.5, 0.6) is 0 Å². The molecule has 25 heavy (non-hydrogen) atoms. The van der Waals surface area contributed by atoms with Crippen LogP contribution < -0.4 is 16.0 Å². The summed E-state index contributed by atoms with van der Waals surface area (Å²) in [5.41, 5.74) is 1.67. The number of hydrogen-bond acceptors (Lipinski definition) is 6. The van der Waals surface area contributed by atoms with E-state index in [0.717, 1.165) is 15.8 Å². The van der Waals surface area contributed by atoms with Gasteiger partial charge in [-0.15, -0.1) is 10.2 Å². The molecule has 6 nitrogen and oxygen atoms in total. The highest BCUT2D eigenvalue weighted by atomic mass is 127. The molecule has 0 aliphatic heterocycles. The first-order valence-electron chi connectivity index (χ1n) is 7.64. The first kappa shape index (κ1) is 17.6. The minimum absolute atomic E-state index is 0.190. The molecule has 3 aromatic rings. The van der Waals surface area contributed by atoms with E-state index in [9.17, 15) is 4.79 Å². The average molecular weight is 465 g/mol. The number of nitrogens with zero attached hydrogens (tertiary/aromatic N) is 2. The van der Waals surface area contributed by atoms with Crippen molar-refractivity contribution in [2.24, 2.45) is 0 Å². The number of aromatic nitrogens is 2. The molecule has 0 radical (unpaired) electrons. The fourth-order valence-electron chi connectivity index (χ4n) is 2.05. The lowest BCUT2D eigenvalue weighted by Gasteiger charge is -2.06. The molecule has 0 saturated carbocycles. The Bertz CT molecular complexity index is 823. The molecule has 3 N–H and O–H groups in total. The first-order chi connectivity index (χ1) is 12.2. The number of rotatable bonds is 7. The van der Waals surface area contributed by atoms with Crippen molar-refractivity contribution in [3.8, 4) is 0 Å². The largest absolute Gasteiger partial charge is 0.383 e. The molecule has 0 saturated heterocycles. The molecule has 8 heteroatoms. The SMILES string of the molecule is O=C(Nc1nnc(NCCNc2ccccc2)s1)c1ccc(I)cc1. The Hall–Kier alpha value is -2.20. The Labute approximate surface area is 163 Å². The highest BCUT2D eigenvalue weighted by Crippen LogP contribution is 2.20. The molecular weight excluding hydrogens is 449 g/mol. The van der Waals surface area contributed by atoms with E-state index in [1.54, 1.807) is 12.1 Å². The molecule has 2 aromatic carbocycles. The van der Waals surface area contributed by atoms with E-state index >= 15 is 0 Å². The normalized spacial score (nSPS) is 10.3. The number of para-hydroxylation sites is 1. The van der Waals surface area contributed by atoms with Gasteiger partial charge in [0.15, 0.2) is 0 Å². The predicted molar refractivity (Wildman–Crippen MR) is 110 cm³/mol. The zero-order chi connectivity index (χ0) is 17.5. The van der Waals surface area contributed by atoms with E-state index in [4.69, 9.17) is 0 Å². The summed E-state index contributed by atoms with van der Waals surface area (Å²) in [4.78, 5) is 12.1. The molecule has 0 aliphatic rings. The van der Waals surface area contributed by atoms with Crippen LogP contribution >= 0.6 is 33.9 Å². The molecule has 1 aromatic heterocycles. The highest BCUT2D eigenvalue weighted by molar-refractivity contribution is 14.1. The van der Waals surface area contributed by atoms with Gasteiger partial charge in [0.05, 0.1) is 0 Å². The summed E-state index contributed by atoms with van der Waals surface area (Å²) in [5, 5.41) is 18.4. The molecule has 1 heterocycles. The van der Waals surface area contributed by atoms with Gasteiger partial charge in [0.1, 0.15) is 0 Å². The second-order valence-electron chi connectivity index (χ2n) is 5.09. The fraction of sp³-hybridized carbons (Fsp3) is 0.118. The highest BCUT2D eigenvalue weighted by Gasteiger charge is 2.10. The van der Waals surface area contributed by atoms with Crippen LogP contribution in [0.2, 0.25) is 0 Å². The van der Waals surface area contributed by atoms with Crippen molar-refractivity contribution in [2.45, 2.75) is 0 Å². The van der Waals surface area contributed by atoms with Crippen molar-refractivity contribution in [3.05, 3.63) is 63.7 Å². The molecule has 0 aliphatic carbocycles. The van der Waals surface area contributed by atoms with E-state index in [1.807, 2.05) is 42.5 Å². The van der Waals surface area contributed by atoms with Crippen molar-refractivity contribution >= 4 is 55.8 Å². The maximum Gasteiger partial charge on any atom is 0.257 e. The number of amides is 1. The van der Waals surface area contributed by atoms with Crippen molar-refractivity contribution in [1.29, 1.82) is 0 Å². The maximum absolute atomic E-state index is 12.1. The average Bonchev–Trinajstić information content (AvgIpc) is 3.07. The van der Waals surface area contributed by atoms with Gasteiger partial charge in [-0.05, 0) is 59.0 Å². The van der Waals surface area contributed by atoms with Gasteiger partial charge in [-0.3, -0.25) is 10.1 Å². The van der Waals surface area contributed by atoms with Gasteiger partial charge in [-0.1, -0.05) is 29.5 Å². The van der Waals surface area contributed by atoms with Crippen LogP contribution in [0.15, 0.2) is 54.6 Å². The summed E-state index contributed by atoms with van der Waals surface area (Å²) in [5.74, 6) is -0.190. The van der Waals surface area contributed by atoms with E-state index in [0.29, 0.717) is 22.4 Å². The van der Waals surface area contributed by atoms with Crippen LogP contribution in [-0.4, -0.2) is 29.2 Å². The van der Waals surface area contributed by atoms with Crippen LogP contribution in [0.1, 0.15) is 10.4 Å². The van der Waals surface area contributed by atoms with Crippen LogP contribution in [0.25, 0.3) is 0 Å². The third kappa shape index (κ3) is 5.40. The molecular formula is C17H16IN5OS. The summed E-state index contributed by atoms with van der Waals surface area (Å²) in [7, 11) is 0. The minimum Gasteiger partial charge on any atom is -0.383 e. The Balaban J connectivity index is 1.45. The Morgan fingerprint density at radius 3 is 2.36 bits per heavy atom. The zero-order valence-corrected chi connectivity index (χ0v) is 16.2. The second-order valence-corrected chi connectivity index (χ2v) is 7.32. The van der Waals surface area contributed by atoms with Crippen molar-refractivity contribution < 1.29 is 4.79 Å². The van der Waals surface area contributed by atoms with Gasteiger partial charge in [-0.25, -0.2) is 0 Å². The molecule has 0 spiro atoms. The number of nitrogens with one attached hydrogen (secondary N) is 3. The molecule has 1 amide bonds. The van der Waals surface area contributed by atoms with Crippen LogP contribution in [0, 0.1) is 3.57 Å². The van der Waals surface area contributed by atoms with Crippen LogP contribution in [0.3, 0.4) is 0 Å². The Morgan fingerprint density at radius 1 is 0.920 bits per heavy atom. The minimum atomic E-state index is -0.190. The zero-order valence-electron chi connectivity index (χ0n) is 13.2. The summed E-state index contributed by atoms with van der Waals surface area (Å²) < 4.78 is 1.08. The van der Waals surface area contributed by atoms with E-state index < -0.39 is 0 Å². The lowest BCUT2D eigenvalue weighted by Crippen LogP contribution is -2.13. The third-order valence-electron chi connectivity index (χ3n) is 3.26. The first-order valence-corrected chi connectivity index (χ1v) is 9.53. The number of hydrogen-bond donors (Lipinski definition) is 3. The van der Waals surface area contributed by atoms with Gasteiger partial charge in [0, 0.05) is 27.9 Å². The second kappa shape index (κ2) is 8.77. The molecule has 0 bridgehead atoms. The molecule has 0 unspecified atom stereocenters. The van der Waals surface area contributed by atoms with Gasteiger partial charge in [-0.2, -0.15) is 0 Å². The lowest BCUT2D eigenvalue weighted by atomic mass is 10.2. The topological polar surface area (TPSA) is 78.9 Å². The summed E-state index contributed by atoms with van der Waals surface area (Å²) in [6, 6.07) is 17.3. The van der Waals surface area contributed by atoms with Crippen molar-refractivity contribution in [1.82, 2.24) is 10.2 Å². The van der Waals surface area contributed by atoms with Crippen molar-refractivity contribution in [2.75, 3.05) is 29.0 Å². The Kier molecular flexibility index (Phi) is 6.18. The van der Waals surface area contributed by atoms with Gasteiger partial charge in [0.2, 0.25) is 10.3 Å². The van der Waals surface area contributed by atoms with E-state index in [1.165, 1.54) is 11.3 Å². The van der Waals surface area contributed by atoms with E-state index in [2.05, 4.69) is 48.7 Å². The number of carbonyl (C=O) groups excluding carboxylic acids is 1. The predicted octanol–water partition coefficient (Wildman–Crippen LogP) is 3.92. The van der Waals surface area contributed by atoms with Gasteiger partial charge < -0.3 is 10.6 Å². The molecule has 0 atom stereocenters. The van der Waals surface area contributed by atoms with Crippen molar-refractivity contribution in [3.63, 3.8) is 0 Å². The summed E-state index contributed by atoms with van der Waals surface area (Å²) in [6.07, 6.45) is 0. The monoisotopic (exact) mass is 465 g/mol. The number of anilines is 3. The summed E-state index contributed by atoms with van der Waals surface area (Å²) >= 11 is 3.51. The quantitative estimate of drug-likeness (QED) is 0.364. The molecule has 128 valence electrons. The van der Waals surface area contributed by atoms with Gasteiger partial charge >= 0.3 is 0 Å². The van der Waals surface area contributed by atoms with Crippen LogP contribution in [-0.2, 0) is 0 Å². The fourth-order valence-corrected chi connectivity index (χ4v) is 3.07. The van der Waals surface area contributed by atoms with Gasteiger partial charge in [0.25, 0.3) is 5.91 Å². The smallest absolute Gasteiger partial charge is 0.257 e. The molecule has 0 fully saturated rings. The van der Waals surface area contributed by atoms with Crippen LogP contribution in [0.4, 0.5) is 16.0 Å². The number of benzene rings is 2.